The Kier molecular flexibility index (Phi) is 3.48. The molecule has 3 heteroatoms. The average Bonchev–Trinajstić information content (AvgIpc) is 2.69. The number of allylic oxidation sites excluding steroid dienone is 1. The van der Waals surface area contributed by atoms with Gasteiger partial charge in [-0.05, 0) is 26.7 Å². The van der Waals surface area contributed by atoms with Gasteiger partial charge < -0.3 is 9.84 Å². The Morgan fingerprint density at radius 2 is 2.24 bits per heavy atom. The summed E-state index contributed by atoms with van der Waals surface area (Å²) in [5.41, 5.74) is 4.50. The number of ether oxygens (including phenoxy) is 1. The quantitative estimate of drug-likeness (QED) is 0.815. The summed E-state index contributed by atoms with van der Waals surface area (Å²) in [5, 5.41) is 9.47. The fraction of sp³-hybridized carbons (Fsp3) is 0.500. The standard InChI is InChI=1S/C14H19NO2/c1-9-8-15-13(10(2)14(9)17-3)7-11-4-5-12(16)6-11/h6,8,12,16H,4-5,7H2,1-3H3. The molecule has 1 unspecified atom stereocenters. The topological polar surface area (TPSA) is 42.4 Å². The lowest BCUT2D eigenvalue weighted by Gasteiger charge is -2.12. The molecule has 0 fully saturated rings. The van der Waals surface area contributed by atoms with E-state index in [1.165, 1.54) is 5.57 Å². The molecule has 1 N–H and O–H groups in total. The molecule has 17 heavy (non-hydrogen) atoms. The number of methoxy groups -OCH3 is 1. The number of aliphatic hydroxyl groups excluding tert-OH is 1. The predicted octanol–water partition coefficient (Wildman–Crippen LogP) is 2.33. The van der Waals surface area contributed by atoms with Gasteiger partial charge in [-0.1, -0.05) is 11.6 Å². The number of aliphatic hydroxyl groups is 1. The summed E-state index contributed by atoms with van der Waals surface area (Å²) in [7, 11) is 1.69. The molecule has 0 bridgehead atoms. The van der Waals surface area contributed by atoms with E-state index in [-0.39, 0.29) is 6.10 Å². The van der Waals surface area contributed by atoms with Crippen LogP contribution in [0.25, 0.3) is 0 Å². The van der Waals surface area contributed by atoms with Crippen LogP contribution in [0.3, 0.4) is 0 Å². The van der Waals surface area contributed by atoms with Crippen molar-refractivity contribution in [2.75, 3.05) is 7.11 Å². The summed E-state index contributed by atoms with van der Waals surface area (Å²) < 4.78 is 5.39. The van der Waals surface area contributed by atoms with E-state index >= 15 is 0 Å². The predicted molar refractivity (Wildman–Crippen MR) is 67.3 cm³/mol. The normalized spacial score (nSPS) is 19.3. The second-order valence-electron chi connectivity index (χ2n) is 4.65. The van der Waals surface area contributed by atoms with Gasteiger partial charge in [-0.3, -0.25) is 4.98 Å². The molecular formula is C14H19NO2. The molecular weight excluding hydrogens is 214 g/mol. The van der Waals surface area contributed by atoms with E-state index < -0.39 is 0 Å². The maximum absolute atomic E-state index is 9.47. The average molecular weight is 233 g/mol. The van der Waals surface area contributed by atoms with E-state index in [4.69, 9.17) is 4.74 Å². The van der Waals surface area contributed by atoms with Crippen LogP contribution in [0.5, 0.6) is 5.75 Å². The van der Waals surface area contributed by atoms with E-state index in [0.29, 0.717) is 0 Å². The lowest BCUT2D eigenvalue weighted by atomic mass is 10.0. The van der Waals surface area contributed by atoms with Crippen LogP contribution in [-0.2, 0) is 6.42 Å². The van der Waals surface area contributed by atoms with Crippen molar-refractivity contribution in [2.45, 2.75) is 39.2 Å². The van der Waals surface area contributed by atoms with Gasteiger partial charge in [0.25, 0.3) is 0 Å². The molecule has 0 radical (unpaired) electrons. The number of pyridine rings is 1. The zero-order chi connectivity index (χ0) is 12.4. The first-order valence-corrected chi connectivity index (χ1v) is 5.98. The highest BCUT2D eigenvalue weighted by molar-refractivity contribution is 5.42. The molecule has 1 atom stereocenters. The van der Waals surface area contributed by atoms with Gasteiger partial charge in [0.15, 0.2) is 0 Å². The Labute approximate surface area is 102 Å². The number of aryl methyl sites for hydroxylation is 1. The molecule has 3 nitrogen and oxygen atoms in total. The van der Waals surface area contributed by atoms with Crippen LogP contribution in [-0.4, -0.2) is 23.3 Å². The van der Waals surface area contributed by atoms with Crippen LogP contribution in [0.2, 0.25) is 0 Å². The minimum Gasteiger partial charge on any atom is -0.496 e. The van der Waals surface area contributed by atoms with Crippen molar-refractivity contribution in [3.8, 4) is 5.75 Å². The molecule has 2 rings (SSSR count). The smallest absolute Gasteiger partial charge is 0.128 e. The third kappa shape index (κ3) is 2.50. The largest absolute Gasteiger partial charge is 0.496 e. The van der Waals surface area contributed by atoms with Crippen LogP contribution >= 0.6 is 0 Å². The van der Waals surface area contributed by atoms with E-state index in [0.717, 1.165) is 41.8 Å². The van der Waals surface area contributed by atoms with Crippen LogP contribution in [0.15, 0.2) is 17.8 Å². The van der Waals surface area contributed by atoms with Gasteiger partial charge >= 0.3 is 0 Å². The van der Waals surface area contributed by atoms with Gasteiger partial charge in [0.2, 0.25) is 0 Å². The Hall–Kier alpha value is -1.35. The first-order chi connectivity index (χ1) is 8.11. The zero-order valence-electron chi connectivity index (χ0n) is 10.7. The summed E-state index contributed by atoms with van der Waals surface area (Å²) in [6.45, 7) is 4.04. The van der Waals surface area contributed by atoms with E-state index in [1.54, 1.807) is 7.11 Å². The van der Waals surface area contributed by atoms with E-state index in [9.17, 15) is 5.11 Å². The molecule has 0 amide bonds. The van der Waals surface area contributed by atoms with Crippen molar-refractivity contribution >= 4 is 0 Å². The maximum atomic E-state index is 9.47. The van der Waals surface area contributed by atoms with Crippen molar-refractivity contribution in [2.24, 2.45) is 0 Å². The molecule has 0 spiro atoms. The second-order valence-corrected chi connectivity index (χ2v) is 4.65. The highest BCUT2D eigenvalue weighted by Crippen LogP contribution is 2.28. The molecule has 1 aromatic rings. The molecule has 0 aliphatic heterocycles. The third-order valence-electron chi connectivity index (χ3n) is 3.33. The SMILES string of the molecule is COc1c(C)cnc(CC2=CC(O)CC2)c1C. The third-order valence-corrected chi connectivity index (χ3v) is 3.33. The maximum Gasteiger partial charge on any atom is 0.128 e. The number of nitrogens with zero attached hydrogens (tertiary/aromatic N) is 1. The fourth-order valence-corrected chi connectivity index (χ4v) is 2.38. The van der Waals surface area contributed by atoms with Crippen LogP contribution in [0, 0.1) is 13.8 Å². The number of hydrogen-bond acceptors (Lipinski definition) is 3. The van der Waals surface area contributed by atoms with Gasteiger partial charge in [-0.15, -0.1) is 0 Å². The zero-order valence-corrected chi connectivity index (χ0v) is 10.7. The Bertz CT molecular complexity index is 452. The van der Waals surface area contributed by atoms with Crippen LogP contribution in [0.4, 0.5) is 0 Å². The van der Waals surface area contributed by atoms with Crippen molar-refractivity contribution in [3.63, 3.8) is 0 Å². The number of rotatable bonds is 3. The lowest BCUT2D eigenvalue weighted by Crippen LogP contribution is -2.01. The second kappa shape index (κ2) is 4.88. The van der Waals surface area contributed by atoms with E-state index in [1.807, 2.05) is 26.1 Å². The molecule has 0 saturated heterocycles. The summed E-state index contributed by atoms with van der Waals surface area (Å²) in [4.78, 5) is 4.47. The molecule has 0 saturated carbocycles. The van der Waals surface area contributed by atoms with Gasteiger partial charge in [-0.25, -0.2) is 0 Å². The Morgan fingerprint density at radius 1 is 1.47 bits per heavy atom. The van der Waals surface area contributed by atoms with Gasteiger partial charge in [0, 0.05) is 23.7 Å². The van der Waals surface area contributed by atoms with Crippen molar-refractivity contribution < 1.29 is 9.84 Å². The van der Waals surface area contributed by atoms with Crippen molar-refractivity contribution in [3.05, 3.63) is 34.7 Å². The molecule has 1 aliphatic carbocycles. The first kappa shape index (κ1) is 12.1. The first-order valence-electron chi connectivity index (χ1n) is 5.98. The van der Waals surface area contributed by atoms with Crippen molar-refractivity contribution in [1.29, 1.82) is 0 Å². The highest BCUT2D eigenvalue weighted by Gasteiger charge is 2.16. The molecule has 1 heterocycles. The van der Waals surface area contributed by atoms with Gasteiger partial charge in [0.1, 0.15) is 5.75 Å². The molecule has 1 aromatic heterocycles. The summed E-state index contributed by atoms with van der Waals surface area (Å²) in [5.74, 6) is 0.925. The molecule has 0 aromatic carbocycles. The minimum absolute atomic E-state index is 0.266. The molecule has 92 valence electrons. The number of hydrogen-bond donors (Lipinski definition) is 1. The van der Waals surface area contributed by atoms with Crippen LogP contribution < -0.4 is 4.74 Å². The Morgan fingerprint density at radius 3 is 2.82 bits per heavy atom. The minimum atomic E-state index is -0.266. The van der Waals surface area contributed by atoms with Crippen LogP contribution in [0.1, 0.15) is 29.7 Å². The molecule has 1 aliphatic rings. The fourth-order valence-electron chi connectivity index (χ4n) is 2.38. The van der Waals surface area contributed by atoms with Gasteiger partial charge in [-0.2, -0.15) is 0 Å². The summed E-state index contributed by atoms with van der Waals surface area (Å²) in [6, 6.07) is 0. The summed E-state index contributed by atoms with van der Waals surface area (Å²) >= 11 is 0. The van der Waals surface area contributed by atoms with E-state index in [2.05, 4.69) is 4.98 Å². The highest BCUT2D eigenvalue weighted by atomic mass is 16.5. The monoisotopic (exact) mass is 233 g/mol. The Balaban J connectivity index is 2.25. The summed E-state index contributed by atoms with van der Waals surface area (Å²) in [6.07, 6.45) is 6.17. The van der Waals surface area contributed by atoms with Crippen molar-refractivity contribution in [1.82, 2.24) is 4.98 Å². The lowest BCUT2D eigenvalue weighted by molar-refractivity contribution is 0.223. The number of aromatic nitrogens is 1. The van der Waals surface area contributed by atoms with Gasteiger partial charge in [0.05, 0.1) is 18.9 Å².